The molecule has 2 aliphatic heterocycles. The maximum Gasteiger partial charge on any atom is 0.0290 e. The maximum absolute atomic E-state index is 3.58. The zero-order valence-corrected chi connectivity index (χ0v) is 15.6. The highest BCUT2D eigenvalue weighted by atomic mass is 79.9. The molecule has 4 rings (SSSR count). The molecule has 0 aromatic heterocycles. The SMILES string of the molecule is BrCc1cccc(C2=CC3CCCC(C2)N3Cc2ccccc2)c1. The normalized spacial score (nSPS) is 23.8. The van der Waals surface area contributed by atoms with E-state index in [0.717, 1.165) is 11.9 Å². The van der Waals surface area contributed by atoms with Gasteiger partial charge in [-0.25, -0.2) is 0 Å². The summed E-state index contributed by atoms with van der Waals surface area (Å²) in [5.41, 5.74) is 5.78. The third kappa shape index (κ3) is 3.36. The molecule has 2 atom stereocenters. The zero-order chi connectivity index (χ0) is 16.4. The Balaban J connectivity index is 1.59. The van der Waals surface area contributed by atoms with Gasteiger partial charge in [-0.1, -0.05) is 83.0 Å². The Morgan fingerprint density at radius 3 is 2.58 bits per heavy atom. The van der Waals surface area contributed by atoms with Gasteiger partial charge in [0.2, 0.25) is 0 Å². The molecule has 124 valence electrons. The van der Waals surface area contributed by atoms with Crippen molar-refractivity contribution in [1.82, 2.24) is 4.90 Å². The van der Waals surface area contributed by atoms with Gasteiger partial charge in [0.25, 0.3) is 0 Å². The lowest BCUT2D eigenvalue weighted by atomic mass is 9.82. The second kappa shape index (κ2) is 7.25. The fraction of sp³-hybridized carbons (Fsp3) is 0.364. The summed E-state index contributed by atoms with van der Waals surface area (Å²) in [5, 5.41) is 0.932. The number of hydrogen-bond donors (Lipinski definition) is 0. The molecular formula is C22H24BrN. The summed E-state index contributed by atoms with van der Waals surface area (Å²) in [4.78, 5) is 2.73. The molecule has 0 aliphatic carbocycles. The van der Waals surface area contributed by atoms with Crippen LogP contribution in [-0.2, 0) is 11.9 Å². The molecule has 0 amide bonds. The summed E-state index contributed by atoms with van der Waals surface area (Å²) in [5.74, 6) is 0. The smallest absolute Gasteiger partial charge is 0.0290 e. The number of alkyl halides is 1. The monoisotopic (exact) mass is 381 g/mol. The topological polar surface area (TPSA) is 3.24 Å². The van der Waals surface area contributed by atoms with Crippen molar-refractivity contribution in [3.63, 3.8) is 0 Å². The van der Waals surface area contributed by atoms with Gasteiger partial charge in [-0.2, -0.15) is 0 Å². The molecule has 0 N–H and O–H groups in total. The van der Waals surface area contributed by atoms with E-state index in [1.54, 1.807) is 5.57 Å². The lowest BCUT2D eigenvalue weighted by Crippen LogP contribution is -2.47. The second-order valence-corrected chi connectivity index (χ2v) is 7.60. The van der Waals surface area contributed by atoms with Crippen LogP contribution in [0, 0.1) is 0 Å². The van der Waals surface area contributed by atoms with Gasteiger partial charge in [-0.3, -0.25) is 4.90 Å². The van der Waals surface area contributed by atoms with Crippen molar-refractivity contribution in [3.8, 4) is 0 Å². The van der Waals surface area contributed by atoms with Gasteiger partial charge in [0, 0.05) is 24.0 Å². The molecule has 0 spiro atoms. The Morgan fingerprint density at radius 2 is 1.79 bits per heavy atom. The van der Waals surface area contributed by atoms with Gasteiger partial charge >= 0.3 is 0 Å². The van der Waals surface area contributed by atoms with Crippen LogP contribution in [0.15, 0.2) is 60.7 Å². The summed E-state index contributed by atoms with van der Waals surface area (Å²) in [7, 11) is 0. The number of hydrogen-bond acceptors (Lipinski definition) is 1. The predicted molar refractivity (Wildman–Crippen MR) is 105 cm³/mol. The largest absolute Gasteiger partial charge is 0.289 e. The molecule has 2 unspecified atom stereocenters. The average molecular weight is 382 g/mol. The van der Waals surface area contributed by atoms with Crippen LogP contribution in [0.4, 0.5) is 0 Å². The van der Waals surface area contributed by atoms with Crippen LogP contribution in [0.3, 0.4) is 0 Å². The molecule has 0 radical (unpaired) electrons. The number of rotatable bonds is 4. The molecule has 2 heteroatoms. The first-order chi connectivity index (χ1) is 11.8. The van der Waals surface area contributed by atoms with Gasteiger partial charge in [0.1, 0.15) is 0 Å². The van der Waals surface area contributed by atoms with E-state index >= 15 is 0 Å². The standard InChI is InChI=1S/C22H24BrN/c23-15-18-8-4-9-19(12-18)20-13-21-10-5-11-22(14-20)24(21)16-17-6-2-1-3-7-17/h1-4,6-9,12-13,21-22H,5,10-11,14-16H2. The Morgan fingerprint density at radius 1 is 0.958 bits per heavy atom. The van der Waals surface area contributed by atoms with Crippen LogP contribution >= 0.6 is 15.9 Å². The van der Waals surface area contributed by atoms with E-state index < -0.39 is 0 Å². The quantitative estimate of drug-likeness (QED) is 0.605. The molecule has 24 heavy (non-hydrogen) atoms. The second-order valence-electron chi connectivity index (χ2n) is 7.04. The Kier molecular flexibility index (Phi) is 4.86. The minimum atomic E-state index is 0.598. The molecule has 2 bridgehead atoms. The van der Waals surface area contributed by atoms with Gasteiger partial charge < -0.3 is 0 Å². The molecule has 1 fully saturated rings. The summed E-state index contributed by atoms with van der Waals surface area (Å²) in [6, 6.07) is 21.2. The third-order valence-electron chi connectivity index (χ3n) is 5.44. The first-order valence-corrected chi connectivity index (χ1v) is 10.1. The van der Waals surface area contributed by atoms with Gasteiger partial charge in [0.15, 0.2) is 0 Å². The number of piperidine rings is 1. The van der Waals surface area contributed by atoms with Crippen LogP contribution in [-0.4, -0.2) is 17.0 Å². The molecule has 2 aliphatic rings. The van der Waals surface area contributed by atoms with E-state index in [9.17, 15) is 0 Å². The molecular weight excluding hydrogens is 358 g/mol. The number of fused-ring (bicyclic) bond motifs is 2. The number of benzene rings is 2. The highest BCUT2D eigenvalue weighted by Gasteiger charge is 2.33. The number of nitrogens with zero attached hydrogens (tertiary/aromatic N) is 1. The van der Waals surface area contributed by atoms with Gasteiger partial charge in [-0.05, 0) is 41.5 Å². The Bertz CT molecular complexity index is 722. The molecule has 1 nitrogen and oxygen atoms in total. The van der Waals surface area contributed by atoms with Crippen LogP contribution < -0.4 is 0 Å². The first-order valence-electron chi connectivity index (χ1n) is 8.99. The van der Waals surface area contributed by atoms with Crippen molar-refractivity contribution < 1.29 is 0 Å². The van der Waals surface area contributed by atoms with E-state index in [1.807, 2.05) is 0 Å². The fourth-order valence-corrected chi connectivity index (χ4v) is 4.58. The van der Waals surface area contributed by atoms with Crippen LogP contribution in [0.1, 0.15) is 42.4 Å². The number of halogens is 1. The molecule has 0 saturated carbocycles. The maximum atomic E-state index is 3.58. The van der Waals surface area contributed by atoms with E-state index in [4.69, 9.17) is 0 Å². The summed E-state index contributed by atoms with van der Waals surface area (Å²) in [6.45, 7) is 1.08. The van der Waals surface area contributed by atoms with Crippen LogP contribution in [0.2, 0.25) is 0 Å². The first kappa shape index (κ1) is 16.1. The summed E-state index contributed by atoms with van der Waals surface area (Å²) in [6.07, 6.45) is 7.73. The Hall–Kier alpha value is -1.38. The molecule has 2 heterocycles. The fourth-order valence-electron chi connectivity index (χ4n) is 4.23. The highest BCUT2D eigenvalue weighted by molar-refractivity contribution is 9.08. The molecule has 2 aromatic rings. The van der Waals surface area contributed by atoms with Crippen LogP contribution in [0.5, 0.6) is 0 Å². The van der Waals surface area contributed by atoms with Gasteiger partial charge in [0.05, 0.1) is 0 Å². The lowest BCUT2D eigenvalue weighted by molar-refractivity contribution is 0.0951. The lowest BCUT2D eigenvalue weighted by Gasteiger charge is -2.45. The Labute approximate surface area is 153 Å². The van der Waals surface area contributed by atoms with Crippen molar-refractivity contribution in [2.75, 3.05) is 0 Å². The minimum absolute atomic E-state index is 0.598. The summed E-state index contributed by atoms with van der Waals surface area (Å²) < 4.78 is 0. The van der Waals surface area contributed by atoms with Crippen LogP contribution in [0.25, 0.3) is 5.57 Å². The summed E-state index contributed by atoms with van der Waals surface area (Å²) >= 11 is 3.58. The van der Waals surface area contributed by atoms with E-state index in [-0.39, 0.29) is 0 Å². The minimum Gasteiger partial charge on any atom is -0.289 e. The van der Waals surface area contributed by atoms with Crippen molar-refractivity contribution in [2.24, 2.45) is 0 Å². The van der Waals surface area contributed by atoms with Crippen molar-refractivity contribution in [1.29, 1.82) is 0 Å². The molecule has 1 saturated heterocycles. The zero-order valence-electron chi connectivity index (χ0n) is 14.0. The van der Waals surface area contributed by atoms with E-state index in [0.29, 0.717) is 12.1 Å². The van der Waals surface area contributed by atoms with Crippen molar-refractivity contribution in [2.45, 2.75) is 49.6 Å². The van der Waals surface area contributed by atoms with Gasteiger partial charge in [-0.15, -0.1) is 0 Å². The van der Waals surface area contributed by atoms with Crippen molar-refractivity contribution >= 4 is 21.5 Å². The van der Waals surface area contributed by atoms with E-state index in [1.165, 1.54) is 42.4 Å². The van der Waals surface area contributed by atoms with Crippen molar-refractivity contribution in [3.05, 3.63) is 77.4 Å². The molecule has 2 aromatic carbocycles. The predicted octanol–water partition coefficient (Wildman–Crippen LogP) is 5.79. The third-order valence-corrected chi connectivity index (χ3v) is 6.09. The highest BCUT2D eigenvalue weighted by Crippen LogP contribution is 2.38. The average Bonchev–Trinajstić information content (AvgIpc) is 2.62. The van der Waals surface area contributed by atoms with E-state index in [2.05, 4.69) is 81.5 Å².